The molecule has 1 aliphatic heterocycles. The average Bonchev–Trinajstić information content (AvgIpc) is 3.41. The van der Waals surface area contributed by atoms with Crippen LogP contribution in [0.2, 0.25) is 0 Å². The van der Waals surface area contributed by atoms with Gasteiger partial charge in [-0.05, 0) is 48.4 Å². The molecular formula is C26H23NO5. The van der Waals surface area contributed by atoms with Crippen LogP contribution < -0.4 is 4.74 Å². The smallest absolute Gasteiger partial charge is 0.290 e. The molecule has 6 heteroatoms. The highest BCUT2D eigenvalue weighted by molar-refractivity contribution is 6.14. The van der Waals surface area contributed by atoms with E-state index >= 15 is 0 Å². The molecule has 2 heterocycles. The molecular weight excluding hydrogens is 406 g/mol. The zero-order valence-electron chi connectivity index (χ0n) is 17.6. The Labute approximate surface area is 186 Å². The summed E-state index contributed by atoms with van der Waals surface area (Å²) < 4.78 is 11.0. The second kappa shape index (κ2) is 9.39. The molecule has 0 aliphatic carbocycles. The Morgan fingerprint density at radius 3 is 2.66 bits per heavy atom. The molecule has 0 spiro atoms. The predicted molar refractivity (Wildman–Crippen MR) is 120 cm³/mol. The molecule has 0 bridgehead atoms. The SMILES string of the molecule is CCOc1cccc(C2C(C(=O)/C=C/c3ccccc3)=C(O)C(=O)N2Cc2ccco2)c1. The van der Waals surface area contributed by atoms with Crippen LogP contribution in [-0.4, -0.2) is 28.3 Å². The van der Waals surface area contributed by atoms with E-state index in [-0.39, 0.29) is 12.1 Å². The van der Waals surface area contributed by atoms with E-state index in [0.29, 0.717) is 23.7 Å². The van der Waals surface area contributed by atoms with Crippen LogP contribution in [0, 0.1) is 0 Å². The number of ether oxygens (including phenoxy) is 1. The highest BCUT2D eigenvalue weighted by Crippen LogP contribution is 2.40. The Morgan fingerprint density at radius 1 is 1.12 bits per heavy atom. The van der Waals surface area contributed by atoms with Crippen molar-refractivity contribution in [2.24, 2.45) is 0 Å². The number of amides is 1. The first-order chi connectivity index (χ1) is 15.6. The van der Waals surface area contributed by atoms with E-state index in [1.807, 2.05) is 43.3 Å². The second-order valence-electron chi connectivity index (χ2n) is 7.29. The molecule has 0 radical (unpaired) electrons. The molecule has 1 N–H and O–H groups in total. The lowest BCUT2D eigenvalue weighted by Crippen LogP contribution is -2.30. The highest BCUT2D eigenvalue weighted by Gasteiger charge is 2.43. The van der Waals surface area contributed by atoms with Crippen molar-refractivity contribution >= 4 is 17.8 Å². The summed E-state index contributed by atoms with van der Waals surface area (Å²) >= 11 is 0. The van der Waals surface area contributed by atoms with Crippen molar-refractivity contribution in [3.8, 4) is 5.75 Å². The number of carbonyl (C=O) groups excluding carboxylic acids is 2. The Hall–Kier alpha value is -4.06. The quantitative estimate of drug-likeness (QED) is 0.518. The standard InChI is InChI=1S/C26H23NO5/c1-2-31-20-11-6-10-19(16-20)24-23(22(28)14-13-18-8-4-3-5-9-18)25(29)26(30)27(24)17-21-12-7-15-32-21/h3-16,24,29H,2,17H2,1H3/b14-13+. The van der Waals surface area contributed by atoms with Gasteiger partial charge in [-0.15, -0.1) is 0 Å². The van der Waals surface area contributed by atoms with Gasteiger partial charge in [0.1, 0.15) is 11.5 Å². The molecule has 0 saturated heterocycles. The minimum atomic E-state index is -0.777. The zero-order chi connectivity index (χ0) is 22.5. The summed E-state index contributed by atoms with van der Waals surface area (Å²) in [5, 5.41) is 10.7. The van der Waals surface area contributed by atoms with Crippen LogP contribution in [0.5, 0.6) is 5.75 Å². The van der Waals surface area contributed by atoms with Crippen molar-refractivity contribution in [3.63, 3.8) is 0 Å². The fourth-order valence-corrected chi connectivity index (χ4v) is 3.75. The van der Waals surface area contributed by atoms with Crippen LogP contribution in [0.1, 0.15) is 29.9 Å². The van der Waals surface area contributed by atoms with Gasteiger partial charge in [0.05, 0.1) is 31.0 Å². The van der Waals surface area contributed by atoms with E-state index in [1.54, 1.807) is 36.4 Å². The normalized spacial score (nSPS) is 16.2. The molecule has 1 aliphatic rings. The van der Waals surface area contributed by atoms with Gasteiger partial charge in [0.15, 0.2) is 11.5 Å². The van der Waals surface area contributed by atoms with E-state index in [1.165, 1.54) is 17.2 Å². The fraction of sp³-hybridized carbons (Fsp3) is 0.154. The van der Waals surface area contributed by atoms with Gasteiger partial charge in [-0.3, -0.25) is 9.59 Å². The summed E-state index contributed by atoms with van der Waals surface area (Å²) in [5.74, 6) is -0.441. The molecule has 3 aromatic rings. The highest BCUT2D eigenvalue weighted by atomic mass is 16.5. The molecule has 1 atom stereocenters. The van der Waals surface area contributed by atoms with Gasteiger partial charge in [0, 0.05) is 0 Å². The molecule has 32 heavy (non-hydrogen) atoms. The van der Waals surface area contributed by atoms with E-state index in [2.05, 4.69) is 0 Å². The van der Waals surface area contributed by atoms with Gasteiger partial charge < -0.3 is 19.2 Å². The van der Waals surface area contributed by atoms with E-state index in [4.69, 9.17) is 9.15 Å². The number of allylic oxidation sites excluding steroid dienone is 1. The maximum Gasteiger partial charge on any atom is 0.290 e. The average molecular weight is 429 g/mol. The van der Waals surface area contributed by atoms with Crippen molar-refractivity contribution in [1.29, 1.82) is 0 Å². The van der Waals surface area contributed by atoms with Crippen molar-refractivity contribution < 1.29 is 23.8 Å². The molecule has 0 saturated carbocycles. The van der Waals surface area contributed by atoms with E-state index < -0.39 is 23.5 Å². The maximum absolute atomic E-state index is 13.2. The summed E-state index contributed by atoms with van der Waals surface area (Å²) in [7, 11) is 0. The van der Waals surface area contributed by atoms with Gasteiger partial charge >= 0.3 is 0 Å². The van der Waals surface area contributed by atoms with E-state index in [9.17, 15) is 14.7 Å². The fourth-order valence-electron chi connectivity index (χ4n) is 3.75. The summed E-state index contributed by atoms with van der Waals surface area (Å²) in [6, 6.07) is 19.2. The second-order valence-corrected chi connectivity index (χ2v) is 7.29. The summed E-state index contributed by atoms with van der Waals surface area (Å²) in [6.07, 6.45) is 4.56. The maximum atomic E-state index is 13.2. The Morgan fingerprint density at radius 2 is 1.94 bits per heavy atom. The number of ketones is 1. The molecule has 4 rings (SSSR count). The van der Waals surface area contributed by atoms with Crippen LogP contribution in [0.4, 0.5) is 0 Å². The lowest BCUT2D eigenvalue weighted by molar-refractivity contribution is -0.130. The molecule has 2 aromatic carbocycles. The number of nitrogens with zero attached hydrogens (tertiary/aromatic N) is 1. The van der Waals surface area contributed by atoms with Crippen LogP contribution in [-0.2, 0) is 16.1 Å². The van der Waals surface area contributed by atoms with Gasteiger partial charge in [0.2, 0.25) is 0 Å². The summed E-state index contributed by atoms with van der Waals surface area (Å²) in [4.78, 5) is 27.6. The Balaban J connectivity index is 1.73. The third-order valence-electron chi connectivity index (χ3n) is 5.19. The summed E-state index contributed by atoms with van der Waals surface area (Å²) in [5.41, 5.74) is 1.53. The summed E-state index contributed by atoms with van der Waals surface area (Å²) in [6.45, 7) is 2.47. The first kappa shape index (κ1) is 21.2. The first-order valence-electron chi connectivity index (χ1n) is 10.3. The van der Waals surface area contributed by atoms with Crippen molar-refractivity contribution in [2.75, 3.05) is 6.61 Å². The van der Waals surface area contributed by atoms with Gasteiger partial charge in [-0.25, -0.2) is 0 Å². The topological polar surface area (TPSA) is 80.0 Å². The molecule has 1 aromatic heterocycles. The van der Waals surface area contributed by atoms with Gasteiger partial charge in [-0.2, -0.15) is 0 Å². The van der Waals surface area contributed by atoms with Crippen LogP contribution >= 0.6 is 0 Å². The van der Waals surface area contributed by atoms with Crippen molar-refractivity contribution in [2.45, 2.75) is 19.5 Å². The van der Waals surface area contributed by atoms with E-state index in [0.717, 1.165) is 5.56 Å². The molecule has 0 fully saturated rings. The number of benzene rings is 2. The first-order valence-corrected chi connectivity index (χ1v) is 10.3. The predicted octanol–water partition coefficient (Wildman–Crippen LogP) is 4.86. The van der Waals surface area contributed by atoms with Crippen LogP contribution in [0.25, 0.3) is 6.08 Å². The van der Waals surface area contributed by atoms with Crippen LogP contribution in [0.3, 0.4) is 0 Å². The molecule has 162 valence electrons. The van der Waals surface area contributed by atoms with Gasteiger partial charge in [-0.1, -0.05) is 48.5 Å². The number of carbonyl (C=O) groups is 2. The number of rotatable bonds is 8. The number of hydrogen-bond acceptors (Lipinski definition) is 5. The number of hydrogen-bond donors (Lipinski definition) is 1. The Bertz CT molecular complexity index is 1160. The third kappa shape index (κ3) is 4.34. The lowest BCUT2D eigenvalue weighted by atomic mass is 9.95. The molecule has 1 amide bonds. The third-order valence-corrected chi connectivity index (χ3v) is 5.19. The molecule has 6 nitrogen and oxygen atoms in total. The Kier molecular flexibility index (Phi) is 6.22. The van der Waals surface area contributed by atoms with Crippen LogP contribution in [0.15, 0.2) is 94.8 Å². The van der Waals surface area contributed by atoms with Crippen molar-refractivity contribution in [3.05, 3.63) is 107 Å². The van der Waals surface area contributed by atoms with Gasteiger partial charge in [0.25, 0.3) is 5.91 Å². The number of aliphatic hydroxyl groups is 1. The monoisotopic (exact) mass is 429 g/mol. The lowest BCUT2D eigenvalue weighted by Gasteiger charge is -2.26. The minimum Gasteiger partial charge on any atom is -0.503 e. The zero-order valence-corrected chi connectivity index (χ0v) is 17.6. The minimum absolute atomic E-state index is 0.0300. The number of aliphatic hydroxyl groups excluding tert-OH is 1. The number of furan rings is 1. The van der Waals surface area contributed by atoms with Crippen molar-refractivity contribution in [1.82, 2.24) is 4.90 Å². The largest absolute Gasteiger partial charge is 0.503 e. The molecule has 1 unspecified atom stereocenters.